The summed E-state index contributed by atoms with van der Waals surface area (Å²) in [5.74, 6) is -0.451. The standard InChI is InChI=1S/C13H13N3O4S/c1-7-10(12(17)18)11(21-16-7)15-13(19)14-8-3-5-9(20-2)6-4-8/h3-6H,1-2H3,(H,17,18)(H2,14,15,19). The molecule has 3 N–H and O–H groups in total. The molecule has 7 nitrogen and oxygen atoms in total. The maximum absolute atomic E-state index is 11.9. The summed E-state index contributed by atoms with van der Waals surface area (Å²) in [7, 11) is 1.55. The molecule has 0 fully saturated rings. The van der Waals surface area contributed by atoms with Crippen molar-refractivity contribution < 1.29 is 19.4 Å². The summed E-state index contributed by atoms with van der Waals surface area (Å²) in [6, 6.07) is 6.22. The van der Waals surface area contributed by atoms with Crippen molar-refractivity contribution in [2.24, 2.45) is 0 Å². The van der Waals surface area contributed by atoms with Gasteiger partial charge in [-0.05, 0) is 42.7 Å². The number of urea groups is 1. The van der Waals surface area contributed by atoms with Gasteiger partial charge >= 0.3 is 12.0 Å². The number of aromatic carboxylic acids is 1. The number of anilines is 2. The first-order chi connectivity index (χ1) is 10.0. The monoisotopic (exact) mass is 307 g/mol. The fourth-order valence-electron chi connectivity index (χ4n) is 1.65. The average molecular weight is 307 g/mol. The summed E-state index contributed by atoms with van der Waals surface area (Å²) in [6.45, 7) is 1.58. The van der Waals surface area contributed by atoms with Gasteiger partial charge in [0.1, 0.15) is 16.3 Å². The molecule has 0 radical (unpaired) electrons. The lowest BCUT2D eigenvalue weighted by atomic mass is 10.2. The maximum Gasteiger partial charge on any atom is 0.340 e. The number of hydrogen-bond donors (Lipinski definition) is 3. The second-order valence-electron chi connectivity index (χ2n) is 4.08. The van der Waals surface area contributed by atoms with E-state index in [1.54, 1.807) is 38.3 Å². The van der Waals surface area contributed by atoms with E-state index in [0.717, 1.165) is 11.5 Å². The minimum atomic E-state index is -1.12. The number of hydrogen-bond acceptors (Lipinski definition) is 5. The van der Waals surface area contributed by atoms with E-state index in [-0.39, 0.29) is 10.6 Å². The number of carboxylic acids is 1. The zero-order valence-electron chi connectivity index (χ0n) is 11.3. The van der Waals surface area contributed by atoms with Crippen LogP contribution in [0.3, 0.4) is 0 Å². The third kappa shape index (κ3) is 3.48. The van der Waals surface area contributed by atoms with Crippen LogP contribution in [0, 0.1) is 6.92 Å². The lowest BCUT2D eigenvalue weighted by molar-refractivity contribution is 0.0697. The number of nitrogens with one attached hydrogen (secondary N) is 2. The van der Waals surface area contributed by atoms with Crippen LogP contribution in [0.2, 0.25) is 0 Å². The molecular formula is C13H13N3O4S. The van der Waals surface area contributed by atoms with E-state index in [4.69, 9.17) is 9.84 Å². The number of benzene rings is 1. The van der Waals surface area contributed by atoms with E-state index in [1.807, 2.05) is 0 Å². The predicted molar refractivity (Wildman–Crippen MR) is 79.4 cm³/mol. The molecule has 0 aliphatic carbocycles. The van der Waals surface area contributed by atoms with Crippen molar-refractivity contribution >= 4 is 34.2 Å². The van der Waals surface area contributed by atoms with E-state index in [9.17, 15) is 9.59 Å². The molecule has 110 valence electrons. The van der Waals surface area contributed by atoms with Crippen molar-refractivity contribution in [1.29, 1.82) is 0 Å². The van der Waals surface area contributed by atoms with Crippen LogP contribution in [0.15, 0.2) is 24.3 Å². The lowest BCUT2D eigenvalue weighted by Gasteiger charge is -2.07. The van der Waals surface area contributed by atoms with Gasteiger partial charge < -0.3 is 15.2 Å². The zero-order valence-corrected chi connectivity index (χ0v) is 12.2. The van der Waals surface area contributed by atoms with Gasteiger partial charge in [0.25, 0.3) is 0 Å². The molecule has 1 aromatic carbocycles. The molecule has 1 aromatic heterocycles. The number of amides is 2. The summed E-state index contributed by atoms with van der Waals surface area (Å²) in [4.78, 5) is 22.9. The number of carbonyl (C=O) groups is 2. The van der Waals surface area contributed by atoms with Gasteiger partial charge in [0.05, 0.1) is 12.8 Å². The normalized spacial score (nSPS) is 10.0. The molecular weight excluding hydrogens is 294 g/mol. The smallest absolute Gasteiger partial charge is 0.340 e. The van der Waals surface area contributed by atoms with Gasteiger partial charge in [0.15, 0.2) is 0 Å². The van der Waals surface area contributed by atoms with Crippen LogP contribution in [-0.4, -0.2) is 28.6 Å². The van der Waals surface area contributed by atoms with Crippen LogP contribution in [0.25, 0.3) is 0 Å². The molecule has 0 bridgehead atoms. The van der Waals surface area contributed by atoms with Gasteiger partial charge in [-0.1, -0.05) is 0 Å². The summed E-state index contributed by atoms with van der Waals surface area (Å²) in [6.07, 6.45) is 0. The minimum Gasteiger partial charge on any atom is -0.497 e. The number of aryl methyl sites for hydroxylation is 1. The fourth-order valence-corrected chi connectivity index (χ4v) is 2.43. The first-order valence-corrected chi connectivity index (χ1v) is 6.70. The van der Waals surface area contributed by atoms with Crippen LogP contribution in [0.4, 0.5) is 15.5 Å². The topological polar surface area (TPSA) is 101 Å². The summed E-state index contributed by atoms with van der Waals surface area (Å²) >= 11 is 0.927. The zero-order chi connectivity index (χ0) is 15.4. The quantitative estimate of drug-likeness (QED) is 0.806. The average Bonchev–Trinajstić information content (AvgIpc) is 2.80. The van der Waals surface area contributed by atoms with Crippen molar-refractivity contribution in [3.63, 3.8) is 0 Å². The molecule has 2 aromatic rings. The number of carbonyl (C=O) groups excluding carboxylic acids is 1. The predicted octanol–water partition coefficient (Wildman–Crippen LogP) is 2.80. The minimum absolute atomic E-state index is 0.00452. The number of aromatic nitrogens is 1. The second kappa shape index (κ2) is 6.23. The molecule has 0 aliphatic heterocycles. The van der Waals surface area contributed by atoms with Crippen LogP contribution in [0.1, 0.15) is 16.1 Å². The van der Waals surface area contributed by atoms with Crippen LogP contribution in [0.5, 0.6) is 5.75 Å². The largest absolute Gasteiger partial charge is 0.497 e. The Hall–Kier alpha value is -2.61. The Morgan fingerprint density at radius 1 is 1.24 bits per heavy atom. The van der Waals surface area contributed by atoms with Crippen molar-refractivity contribution in [3.8, 4) is 5.75 Å². The second-order valence-corrected chi connectivity index (χ2v) is 4.86. The van der Waals surface area contributed by atoms with Gasteiger partial charge in [0.2, 0.25) is 0 Å². The number of methoxy groups -OCH3 is 1. The molecule has 0 aliphatic rings. The molecule has 8 heteroatoms. The third-order valence-corrected chi connectivity index (χ3v) is 3.51. The van der Waals surface area contributed by atoms with E-state index < -0.39 is 12.0 Å². The van der Waals surface area contributed by atoms with E-state index in [0.29, 0.717) is 17.1 Å². The SMILES string of the molecule is COc1ccc(NC(=O)Nc2snc(C)c2C(=O)O)cc1. The van der Waals surface area contributed by atoms with Crippen LogP contribution in [-0.2, 0) is 0 Å². The molecule has 21 heavy (non-hydrogen) atoms. The van der Waals surface area contributed by atoms with Gasteiger partial charge in [-0.25, -0.2) is 9.59 Å². The van der Waals surface area contributed by atoms with Crippen molar-refractivity contribution in [2.75, 3.05) is 17.7 Å². The molecule has 2 rings (SSSR count). The van der Waals surface area contributed by atoms with Gasteiger partial charge in [0, 0.05) is 5.69 Å². The Kier molecular flexibility index (Phi) is 4.39. The molecule has 2 amide bonds. The van der Waals surface area contributed by atoms with Gasteiger partial charge in [-0.3, -0.25) is 5.32 Å². The van der Waals surface area contributed by atoms with Crippen LogP contribution >= 0.6 is 11.5 Å². The molecule has 0 spiro atoms. The van der Waals surface area contributed by atoms with Crippen LogP contribution < -0.4 is 15.4 Å². The Morgan fingerprint density at radius 3 is 2.48 bits per heavy atom. The Morgan fingerprint density at radius 2 is 1.90 bits per heavy atom. The molecule has 1 heterocycles. The first-order valence-electron chi connectivity index (χ1n) is 5.93. The maximum atomic E-state index is 11.9. The van der Waals surface area contributed by atoms with E-state index in [2.05, 4.69) is 15.0 Å². The number of nitrogens with zero attached hydrogens (tertiary/aromatic N) is 1. The molecule has 0 saturated heterocycles. The molecule has 0 unspecified atom stereocenters. The summed E-state index contributed by atoms with van der Waals surface area (Å²) in [5, 5.41) is 14.4. The van der Waals surface area contributed by atoms with Crippen molar-refractivity contribution in [3.05, 3.63) is 35.5 Å². The summed E-state index contributed by atoms with van der Waals surface area (Å²) < 4.78 is 8.94. The Balaban J connectivity index is 2.06. The third-order valence-electron chi connectivity index (χ3n) is 2.65. The molecule has 0 atom stereocenters. The number of carboxylic acid groups (broad SMARTS) is 1. The summed E-state index contributed by atoms with van der Waals surface area (Å²) in [5.41, 5.74) is 0.934. The molecule has 0 saturated carbocycles. The first kappa shape index (κ1) is 14.8. The van der Waals surface area contributed by atoms with Crippen molar-refractivity contribution in [2.45, 2.75) is 6.92 Å². The Bertz CT molecular complexity index is 667. The Labute approximate surface area is 124 Å². The number of rotatable bonds is 4. The fraction of sp³-hybridized carbons (Fsp3) is 0.154. The highest BCUT2D eigenvalue weighted by molar-refractivity contribution is 7.11. The van der Waals surface area contributed by atoms with Gasteiger partial charge in [-0.15, -0.1) is 0 Å². The lowest BCUT2D eigenvalue weighted by Crippen LogP contribution is -2.20. The highest BCUT2D eigenvalue weighted by Crippen LogP contribution is 2.24. The van der Waals surface area contributed by atoms with E-state index >= 15 is 0 Å². The highest BCUT2D eigenvalue weighted by Gasteiger charge is 2.19. The van der Waals surface area contributed by atoms with E-state index in [1.165, 1.54) is 0 Å². The highest BCUT2D eigenvalue weighted by atomic mass is 32.1. The van der Waals surface area contributed by atoms with Crippen molar-refractivity contribution in [1.82, 2.24) is 4.37 Å². The number of ether oxygens (including phenoxy) is 1. The van der Waals surface area contributed by atoms with Gasteiger partial charge in [-0.2, -0.15) is 4.37 Å².